The summed E-state index contributed by atoms with van der Waals surface area (Å²) in [7, 11) is -3.63. The molecule has 4 atom stereocenters. The van der Waals surface area contributed by atoms with Crippen molar-refractivity contribution >= 4 is 10.0 Å². The lowest BCUT2D eigenvalue weighted by atomic mass is 9.89. The maximum absolute atomic E-state index is 12.8. The van der Waals surface area contributed by atoms with Crippen molar-refractivity contribution in [3.05, 3.63) is 125 Å². The molecule has 0 radical (unpaired) electrons. The molecule has 10 heteroatoms. The van der Waals surface area contributed by atoms with Crippen LogP contribution in [0.5, 0.6) is 0 Å². The number of rotatable bonds is 10. The minimum Gasteiger partial charge on any atom is -0.392 e. The van der Waals surface area contributed by atoms with Crippen molar-refractivity contribution in [3.8, 4) is 11.1 Å². The predicted molar refractivity (Wildman–Crippen MR) is 186 cm³/mol. The third kappa shape index (κ3) is 7.82. The van der Waals surface area contributed by atoms with E-state index in [0.29, 0.717) is 13.2 Å². The maximum atomic E-state index is 12.8. The highest BCUT2D eigenvalue weighted by Gasteiger charge is 2.43. The quantitative estimate of drug-likeness (QED) is 0.211. The summed E-state index contributed by atoms with van der Waals surface area (Å²) in [5.74, 6) is -0.354. The average Bonchev–Trinajstić information content (AvgIpc) is 3.61. The van der Waals surface area contributed by atoms with E-state index in [9.17, 15) is 13.5 Å². The number of hydrogen-bond acceptors (Lipinski definition) is 8. The second kappa shape index (κ2) is 14.8. The highest BCUT2D eigenvalue weighted by Crippen LogP contribution is 2.43. The Bertz CT molecular complexity index is 1800. The third-order valence-electron chi connectivity index (χ3n) is 9.93. The fourth-order valence-corrected chi connectivity index (χ4v) is 8.07. The number of benzene rings is 4. The summed E-state index contributed by atoms with van der Waals surface area (Å²) in [5, 5.41) is 9.63. The van der Waals surface area contributed by atoms with Crippen molar-refractivity contribution in [2.24, 2.45) is 5.92 Å². The average molecular weight is 685 g/mol. The molecule has 3 saturated heterocycles. The van der Waals surface area contributed by atoms with Crippen LogP contribution in [0, 0.1) is 5.92 Å². The van der Waals surface area contributed by atoms with Crippen LogP contribution in [0.25, 0.3) is 11.1 Å². The Morgan fingerprint density at radius 3 is 2.20 bits per heavy atom. The van der Waals surface area contributed by atoms with Gasteiger partial charge in [-0.05, 0) is 52.1 Å². The van der Waals surface area contributed by atoms with Gasteiger partial charge in [0.1, 0.15) is 0 Å². The standard InChI is InChI=1S/C39H44N2O7S/c1-28-36(26-41-19-17-39(18-20-41)45-21-22-46-39)47-38(48-37(28)31-15-13-29(27-42)14-16-31)34-10-6-9-33(24-34)32-8-5-7-30(23-32)25-40-49(43,44)35-11-3-2-4-12-35/h2-16,23-24,28,36-38,40,42H,17-22,25-27H2,1H3. The smallest absolute Gasteiger partial charge is 0.240 e. The van der Waals surface area contributed by atoms with E-state index in [-0.39, 0.29) is 36.2 Å². The molecule has 0 aliphatic carbocycles. The van der Waals surface area contributed by atoms with E-state index in [1.165, 1.54) is 0 Å². The molecule has 3 fully saturated rings. The first-order chi connectivity index (χ1) is 23.8. The molecule has 3 aliphatic rings. The van der Waals surface area contributed by atoms with Crippen molar-refractivity contribution < 1.29 is 32.5 Å². The summed E-state index contributed by atoms with van der Waals surface area (Å²) in [4.78, 5) is 2.68. The zero-order valence-corrected chi connectivity index (χ0v) is 28.6. The van der Waals surface area contributed by atoms with Crippen LogP contribution in [0.15, 0.2) is 108 Å². The van der Waals surface area contributed by atoms with Gasteiger partial charge in [-0.25, -0.2) is 13.1 Å². The maximum Gasteiger partial charge on any atom is 0.240 e. The Labute approximate surface area is 288 Å². The van der Waals surface area contributed by atoms with Gasteiger partial charge in [0.15, 0.2) is 12.1 Å². The van der Waals surface area contributed by atoms with Gasteiger partial charge in [-0.2, -0.15) is 0 Å². The van der Waals surface area contributed by atoms with Crippen molar-refractivity contribution in [2.45, 2.75) is 62.1 Å². The van der Waals surface area contributed by atoms with Gasteiger partial charge in [-0.3, -0.25) is 0 Å². The molecule has 49 heavy (non-hydrogen) atoms. The molecule has 3 aliphatic heterocycles. The Kier molecular flexibility index (Phi) is 10.3. The van der Waals surface area contributed by atoms with E-state index in [0.717, 1.165) is 65.9 Å². The number of aliphatic hydroxyl groups is 1. The largest absolute Gasteiger partial charge is 0.392 e. The molecule has 4 aromatic rings. The minimum atomic E-state index is -3.63. The molecule has 0 aromatic heterocycles. The summed E-state index contributed by atoms with van der Waals surface area (Å²) >= 11 is 0. The monoisotopic (exact) mass is 684 g/mol. The SMILES string of the molecule is CC1C(CN2CCC3(CC2)OCCO3)OC(c2cccc(-c3cccc(CNS(=O)(=O)c4ccccc4)c3)c2)OC1c1ccc(CO)cc1. The molecule has 1 spiro atoms. The van der Waals surface area contributed by atoms with Gasteiger partial charge in [0.05, 0.1) is 36.9 Å². The van der Waals surface area contributed by atoms with Gasteiger partial charge in [0, 0.05) is 50.5 Å². The number of sulfonamides is 1. The lowest BCUT2D eigenvalue weighted by Crippen LogP contribution is -2.50. The Morgan fingerprint density at radius 2 is 1.49 bits per heavy atom. The van der Waals surface area contributed by atoms with Gasteiger partial charge >= 0.3 is 0 Å². The van der Waals surface area contributed by atoms with Crippen molar-refractivity contribution in [1.29, 1.82) is 0 Å². The number of piperidine rings is 1. The van der Waals surface area contributed by atoms with E-state index in [1.54, 1.807) is 30.3 Å². The lowest BCUT2D eigenvalue weighted by Gasteiger charge is -2.44. The van der Waals surface area contributed by atoms with E-state index < -0.39 is 22.1 Å². The molecule has 3 heterocycles. The first-order valence-corrected chi connectivity index (χ1v) is 18.5. The van der Waals surface area contributed by atoms with Gasteiger partial charge in [-0.1, -0.05) is 85.8 Å². The lowest BCUT2D eigenvalue weighted by molar-refractivity contribution is -0.278. The van der Waals surface area contributed by atoms with Crippen LogP contribution in [-0.4, -0.2) is 63.2 Å². The minimum absolute atomic E-state index is 0.00745. The van der Waals surface area contributed by atoms with Crippen LogP contribution in [-0.2, 0) is 42.1 Å². The Hall–Kier alpha value is -3.45. The number of ether oxygens (including phenoxy) is 4. The molecule has 0 saturated carbocycles. The summed E-state index contributed by atoms with van der Waals surface area (Å²) in [6.45, 7) is 6.20. The summed E-state index contributed by atoms with van der Waals surface area (Å²) in [6.07, 6.45) is 0.787. The van der Waals surface area contributed by atoms with E-state index in [4.69, 9.17) is 18.9 Å². The third-order valence-corrected chi connectivity index (χ3v) is 11.3. The first-order valence-electron chi connectivity index (χ1n) is 17.1. The number of hydrogen-bond donors (Lipinski definition) is 2. The number of nitrogens with one attached hydrogen (secondary N) is 1. The van der Waals surface area contributed by atoms with E-state index in [2.05, 4.69) is 22.6 Å². The number of likely N-dealkylation sites (tertiary alicyclic amines) is 1. The summed E-state index contributed by atoms with van der Waals surface area (Å²) in [6, 6.07) is 32.4. The Balaban J connectivity index is 1.10. The normalized spacial score (nSPS) is 24.3. The van der Waals surface area contributed by atoms with Gasteiger partial charge in [0.2, 0.25) is 10.0 Å². The van der Waals surface area contributed by atoms with Crippen LogP contribution >= 0.6 is 0 Å². The van der Waals surface area contributed by atoms with Crippen LogP contribution < -0.4 is 4.72 Å². The Morgan fingerprint density at radius 1 is 0.796 bits per heavy atom. The van der Waals surface area contributed by atoms with Gasteiger partial charge in [-0.15, -0.1) is 0 Å². The van der Waals surface area contributed by atoms with Gasteiger partial charge < -0.3 is 29.0 Å². The molecule has 4 unspecified atom stereocenters. The number of nitrogens with zero attached hydrogens (tertiary/aromatic N) is 1. The van der Waals surface area contributed by atoms with E-state index in [1.807, 2.05) is 66.7 Å². The van der Waals surface area contributed by atoms with Crippen molar-refractivity contribution in [2.75, 3.05) is 32.8 Å². The fraction of sp³-hybridized carbons (Fsp3) is 0.385. The molecule has 0 bridgehead atoms. The molecule has 2 N–H and O–H groups in total. The van der Waals surface area contributed by atoms with Crippen LogP contribution in [0.3, 0.4) is 0 Å². The van der Waals surface area contributed by atoms with Crippen molar-refractivity contribution in [1.82, 2.24) is 9.62 Å². The second-order valence-corrected chi connectivity index (χ2v) is 15.0. The highest BCUT2D eigenvalue weighted by molar-refractivity contribution is 7.89. The van der Waals surface area contributed by atoms with E-state index >= 15 is 0 Å². The molecule has 0 amide bonds. The summed E-state index contributed by atoms with van der Waals surface area (Å²) in [5.41, 5.74) is 5.62. The molecule has 7 rings (SSSR count). The topological polar surface area (TPSA) is 107 Å². The van der Waals surface area contributed by atoms with Crippen molar-refractivity contribution in [3.63, 3.8) is 0 Å². The zero-order valence-electron chi connectivity index (χ0n) is 27.7. The molecule has 4 aromatic carbocycles. The second-order valence-electron chi connectivity index (χ2n) is 13.2. The van der Waals surface area contributed by atoms with Crippen LogP contribution in [0.1, 0.15) is 54.4 Å². The zero-order chi connectivity index (χ0) is 33.8. The molecular formula is C39H44N2O7S. The van der Waals surface area contributed by atoms with Crippen LogP contribution in [0.2, 0.25) is 0 Å². The molecular weight excluding hydrogens is 641 g/mol. The first kappa shape index (κ1) is 34.0. The highest BCUT2D eigenvalue weighted by atomic mass is 32.2. The van der Waals surface area contributed by atoms with Crippen LogP contribution in [0.4, 0.5) is 0 Å². The number of aliphatic hydroxyl groups excluding tert-OH is 1. The molecule has 9 nitrogen and oxygen atoms in total. The summed E-state index contributed by atoms with van der Waals surface area (Å²) < 4.78 is 53.8. The molecule has 258 valence electrons. The van der Waals surface area contributed by atoms with Gasteiger partial charge in [0.25, 0.3) is 0 Å². The fourth-order valence-electron chi connectivity index (χ4n) is 7.03. The predicted octanol–water partition coefficient (Wildman–Crippen LogP) is 5.95.